The highest BCUT2D eigenvalue weighted by Crippen LogP contribution is 2.28. The Bertz CT molecular complexity index is 855. The SMILES string of the molecule is CCCCCCCc1nc(C#N)c(N/N=C\c2ccc(OCCCC)c(OCC)c2)o1. The second kappa shape index (κ2) is 14.1. The highest BCUT2D eigenvalue weighted by Gasteiger charge is 2.12. The smallest absolute Gasteiger partial charge is 0.252 e. The van der Waals surface area contributed by atoms with Gasteiger partial charge in [-0.05, 0) is 43.5 Å². The van der Waals surface area contributed by atoms with E-state index in [-0.39, 0.29) is 11.6 Å². The number of nitrogens with one attached hydrogen (secondary N) is 1. The molecular weight excluding hydrogens is 392 g/mol. The van der Waals surface area contributed by atoms with Crippen molar-refractivity contribution in [2.24, 2.45) is 5.10 Å². The minimum atomic E-state index is 0.218. The van der Waals surface area contributed by atoms with E-state index in [1.165, 1.54) is 19.3 Å². The molecule has 7 heteroatoms. The summed E-state index contributed by atoms with van der Waals surface area (Å²) in [6.45, 7) is 7.47. The molecule has 0 saturated heterocycles. The number of unbranched alkanes of at least 4 members (excludes halogenated alkanes) is 5. The maximum absolute atomic E-state index is 9.31. The fourth-order valence-corrected chi connectivity index (χ4v) is 2.99. The van der Waals surface area contributed by atoms with Crippen molar-refractivity contribution in [3.63, 3.8) is 0 Å². The van der Waals surface area contributed by atoms with Crippen LogP contribution in [-0.2, 0) is 6.42 Å². The summed E-state index contributed by atoms with van der Waals surface area (Å²) in [6, 6.07) is 7.72. The van der Waals surface area contributed by atoms with E-state index in [4.69, 9.17) is 13.9 Å². The van der Waals surface area contributed by atoms with Crippen LogP contribution < -0.4 is 14.9 Å². The van der Waals surface area contributed by atoms with Crippen molar-refractivity contribution < 1.29 is 13.9 Å². The minimum Gasteiger partial charge on any atom is -0.490 e. The molecule has 1 aromatic heterocycles. The van der Waals surface area contributed by atoms with Crippen molar-refractivity contribution in [1.82, 2.24) is 4.98 Å². The number of oxazole rings is 1. The first kappa shape index (κ1) is 24.3. The monoisotopic (exact) mass is 426 g/mol. The van der Waals surface area contributed by atoms with Crippen LogP contribution >= 0.6 is 0 Å². The lowest BCUT2D eigenvalue weighted by Crippen LogP contribution is -2.01. The van der Waals surface area contributed by atoms with Gasteiger partial charge in [-0.25, -0.2) is 10.4 Å². The summed E-state index contributed by atoms with van der Waals surface area (Å²) in [5.74, 6) is 2.25. The van der Waals surface area contributed by atoms with Gasteiger partial charge in [0.15, 0.2) is 17.4 Å². The van der Waals surface area contributed by atoms with Crippen molar-refractivity contribution >= 4 is 12.1 Å². The molecule has 2 rings (SSSR count). The first-order valence-corrected chi connectivity index (χ1v) is 11.3. The number of benzene rings is 1. The molecule has 0 aliphatic rings. The molecular formula is C24H34N4O3. The second-order valence-electron chi connectivity index (χ2n) is 7.27. The van der Waals surface area contributed by atoms with Crippen LogP contribution in [0.25, 0.3) is 0 Å². The number of aromatic nitrogens is 1. The van der Waals surface area contributed by atoms with Gasteiger partial charge in [0.1, 0.15) is 6.07 Å². The summed E-state index contributed by atoms with van der Waals surface area (Å²) in [5, 5.41) is 13.5. The average molecular weight is 427 g/mol. The molecule has 31 heavy (non-hydrogen) atoms. The van der Waals surface area contributed by atoms with Crippen LogP contribution in [0.4, 0.5) is 5.88 Å². The van der Waals surface area contributed by atoms with Gasteiger partial charge in [0.05, 0.1) is 19.4 Å². The molecule has 1 aromatic carbocycles. The van der Waals surface area contributed by atoms with Crippen LogP contribution in [0.2, 0.25) is 0 Å². The van der Waals surface area contributed by atoms with Crippen LogP contribution in [0.3, 0.4) is 0 Å². The largest absolute Gasteiger partial charge is 0.490 e. The van der Waals surface area contributed by atoms with Gasteiger partial charge < -0.3 is 13.9 Å². The summed E-state index contributed by atoms with van der Waals surface area (Å²) >= 11 is 0. The second-order valence-corrected chi connectivity index (χ2v) is 7.27. The molecule has 0 bridgehead atoms. The average Bonchev–Trinajstić information content (AvgIpc) is 3.17. The summed E-state index contributed by atoms with van der Waals surface area (Å²) in [6.07, 6.45) is 10.3. The van der Waals surface area contributed by atoms with Crippen LogP contribution in [0.1, 0.15) is 82.9 Å². The standard InChI is InChI=1S/C24H34N4O3/c1-4-7-9-10-11-12-23-27-20(17-25)24(31-23)28-26-18-19-13-14-21(30-15-8-5-2)22(16-19)29-6-3/h13-14,16,18,28H,4-12,15H2,1-3H3/b26-18-. The zero-order chi connectivity index (χ0) is 22.3. The number of nitrogens with zero attached hydrogens (tertiary/aromatic N) is 3. The van der Waals surface area contributed by atoms with Crippen LogP contribution in [0, 0.1) is 11.3 Å². The summed E-state index contributed by atoms with van der Waals surface area (Å²) in [4.78, 5) is 4.26. The van der Waals surface area contributed by atoms with E-state index in [1.807, 2.05) is 25.1 Å². The fraction of sp³-hybridized carbons (Fsp3) is 0.542. The van der Waals surface area contributed by atoms with E-state index in [0.717, 1.165) is 43.4 Å². The molecule has 0 aliphatic heterocycles. The molecule has 0 radical (unpaired) electrons. The third-order valence-corrected chi connectivity index (χ3v) is 4.67. The van der Waals surface area contributed by atoms with Gasteiger partial charge in [0.2, 0.25) is 5.69 Å². The number of rotatable bonds is 15. The Morgan fingerprint density at radius 1 is 1.06 bits per heavy atom. The molecule has 0 amide bonds. The van der Waals surface area contributed by atoms with Gasteiger partial charge in [-0.3, -0.25) is 0 Å². The third-order valence-electron chi connectivity index (χ3n) is 4.67. The Morgan fingerprint density at radius 2 is 1.87 bits per heavy atom. The van der Waals surface area contributed by atoms with E-state index >= 15 is 0 Å². The first-order chi connectivity index (χ1) is 15.2. The Morgan fingerprint density at radius 3 is 2.61 bits per heavy atom. The molecule has 0 unspecified atom stereocenters. The summed E-state index contributed by atoms with van der Waals surface area (Å²) in [7, 11) is 0. The number of ether oxygens (including phenoxy) is 2. The number of aryl methyl sites for hydroxylation is 1. The topological polar surface area (TPSA) is 92.7 Å². The quantitative estimate of drug-likeness (QED) is 0.211. The number of hydrogen-bond acceptors (Lipinski definition) is 7. The lowest BCUT2D eigenvalue weighted by atomic mass is 10.1. The van der Waals surface area contributed by atoms with Crippen molar-refractivity contribution in [2.45, 2.75) is 72.1 Å². The Kier molecular flexibility index (Phi) is 11.0. The van der Waals surface area contributed by atoms with Gasteiger partial charge in [0.25, 0.3) is 5.88 Å². The minimum absolute atomic E-state index is 0.218. The number of nitriles is 1. The summed E-state index contributed by atoms with van der Waals surface area (Å²) < 4.78 is 17.2. The predicted molar refractivity (Wildman–Crippen MR) is 123 cm³/mol. The van der Waals surface area contributed by atoms with E-state index in [0.29, 0.717) is 24.9 Å². The maximum Gasteiger partial charge on any atom is 0.252 e. The maximum atomic E-state index is 9.31. The van der Waals surface area contributed by atoms with Gasteiger partial charge in [-0.15, -0.1) is 0 Å². The molecule has 0 saturated carbocycles. The van der Waals surface area contributed by atoms with E-state index < -0.39 is 0 Å². The van der Waals surface area contributed by atoms with E-state index in [9.17, 15) is 5.26 Å². The highest BCUT2D eigenvalue weighted by molar-refractivity contribution is 5.81. The van der Waals surface area contributed by atoms with Crippen LogP contribution in [0.15, 0.2) is 27.7 Å². The molecule has 1 N–H and O–H groups in total. The molecule has 1 heterocycles. The first-order valence-electron chi connectivity index (χ1n) is 11.3. The van der Waals surface area contributed by atoms with Crippen molar-refractivity contribution in [2.75, 3.05) is 18.6 Å². The van der Waals surface area contributed by atoms with Gasteiger partial charge in [0, 0.05) is 6.42 Å². The molecule has 0 aliphatic carbocycles. The predicted octanol–water partition coefficient (Wildman–Crippen LogP) is 6.08. The normalized spacial score (nSPS) is 10.9. The lowest BCUT2D eigenvalue weighted by Gasteiger charge is -2.12. The lowest BCUT2D eigenvalue weighted by molar-refractivity contribution is 0.272. The van der Waals surface area contributed by atoms with E-state index in [2.05, 4.69) is 35.4 Å². The van der Waals surface area contributed by atoms with Crippen molar-refractivity contribution in [3.05, 3.63) is 35.3 Å². The molecule has 0 spiro atoms. The van der Waals surface area contributed by atoms with Crippen molar-refractivity contribution in [3.8, 4) is 17.6 Å². The van der Waals surface area contributed by atoms with Gasteiger partial charge in [-0.2, -0.15) is 10.4 Å². The van der Waals surface area contributed by atoms with Gasteiger partial charge >= 0.3 is 0 Å². The molecule has 168 valence electrons. The van der Waals surface area contributed by atoms with Crippen LogP contribution in [-0.4, -0.2) is 24.4 Å². The van der Waals surface area contributed by atoms with Crippen molar-refractivity contribution in [1.29, 1.82) is 5.26 Å². The molecule has 0 atom stereocenters. The highest BCUT2D eigenvalue weighted by atomic mass is 16.5. The third kappa shape index (κ3) is 8.33. The number of anilines is 1. The zero-order valence-corrected chi connectivity index (χ0v) is 18.9. The number of hydrogen-bond donors (Lipinski definition) is 1. The van der Waals surface area contributed by atoms with Crippen LogP contribution in [0.5, 0.6) is 11.5 Å². The molecule has 2 aromatic rings. The molecule has 0 fully saturated rings. The van der Waals surface area contributed by atoms with E-state index in [1.54, 1.807) is 6.21 Å². The zero-order valence-electron chi connectivity index (χ0n) is 18.9. The Labute approximate surface area is 185 Å². The Balaban J connectivity index is 1.97. The summed E-state index contributed by atoms with van der Waals surface area (Å²) in [5.41, 5.74) is 3.86. The van der Waals surface area contributed by atoms with Gasteiger partial charge in [-0.1, -0.05) is 46.0 Å². The molecule has 7 nitrogen and oxygen atoms in total. The fourth-order valence-electron chi connectivity index (χ4n) is 2.99. The number of hydrazone groups is 1. The Hall–Kier alpha value is -3.01.